The Morgan fingerprint density at radius 2 is 1.88 bits per heavy atom. The van der Waals surface area contributed by atoms with Gasteiger partial charge in [0.25, 0.3) is 0 Å². The van der Waals surface area contributed by atoms with E-state index in [1.165, 1.54) is 43.4 Å². The van der Waals surface area contributed by atoms with E-state index in [1.807, 2.05) is 0 Å². The second-order valence-corrected chi connectivity index (χ2v) is 7.46. The molecule has 0 radical (unpaired) electrons. The van der Waals surface area contributed by atoms with Crippen molar-refractivity contribution in [2.24, 2.45) is 11.8 Å². The topological polar surface area (TPSA) is 80.8 Å². The highest BCUT2D eigenvalue weighted by Crippen LogP contribution is 2.31. The average molecular weight is 357 g/mol. The van der Waals surface area contributed by atoms with Crippen molar-refractivity contribution >= 4 is 35.8 Å². The molecule has 1 heterocycles. The Hall–Kier alpha value is -1.37. The maximum absolute atomic E-state index is 12.3. The Balaban J connectivity index is 0.000000891. The molecule has 2 rings (SSSR count). The van der Waals surface area contributed by atoms with Gasteiger partial charge in [-0.25, -0.2) is 0 Å². The number of amides is 2. The highest BCUT2D eigenvalue weighted by atomic mass is 32.2. The Morgan fingerprint density at radius 1 is 1.29 bits per heavy atom. The van der Waals surface area contributed by atoms with Gasteiger partial charge < -0.3 is 9.53 Å². The molecule has 0 N–H and O–H groups in total. The third-order valence-corrected chi connectivity index (χ3v) is 5.33. The fraction of sp³-hybridized carbons (Fsp3) is 0.765. The number of carbonyl (C=O) groups is 4. The lowest BCUT2D eigenvalue weighted by Gasteiger charge is -2.29. The fourth-order valence-corrected chi connectivity index (χ4v) is 3.87. The van der Waals surface area contributed by atoms with E-state index < -0.39 is 0 Å². The van der Waals surface area contributed by atoms with Gasteiger partial charge in [-0.2, -0.15) is 0 Å². The number of nitrogens with zero attached hydrogens (tertiary/aromatic N) is 1. The standard InChI is InChI=1S/C15H23NO4S.C2H4O/c1-10-3-5-12(6-4-10)8-16-14(18)7-13(15(16)19)21-9-20-11(2)17;1-2-3/h10,12-13H,3-9H2,1-2H3;2H,1H3. The van der Waals surface area contributed by atoms with Crippen LogP contribution in [0.2, 0.25) is 0 Å². The van der Waals surface area contributed by atoms with E-state index in [2.05, 4.69) is 6.92 Å². The number of thioether (sulfide) groups is 1. The summed E-state index contributed by atoms with van der Waals surface area (Å²) >= 11 is 1.24. The van der Waals surface area contributed by atoms with E-state index in [-0.39, 0.29) is 35.4 Å². The Morgan fingerprint density at radius 3 is 2.42 bits per heavy atom. The van der Waals surface area contributed by atoms with Gasteiger partial charge in [0.05, 0.1) is 5.25 Å². The highest BCUT2D eigenvalue weighted by molar-refractivity contribution is 8.00. The maximum Gasteiger partial charge on any atom is 0.303 e. The number of likely N-dealkylation sites (tertiary alicyclic amines) is 1. The number of carbonyl (C=O) groups excluding carboxylic acids is 4. The molecule has 0 bridgehead atoms. The van der Waals surface area contributed by atoms with Gasteiger partial charge in [-0.15, -0.1) is 11.8 Å². The molecule has 0 aromatic rings. The number of esters is 1. The Bertz CT molecular complexity index is 460. The van der Waals surface area contributed by atoms with Crippen molar-refractivity contribution in [2.45, 2.75) is 58.1 Å². The molecule has 2 fully saturated rings. The SMILES string of the molecule is CC(=O)OCSC1CC(=O)N(CC2CCC(C)CC2)C1=O.CC=O. The van der Waals surface area contributed by atoms with Crippen LogP contribution >= 0.6 is 11.8 Å². The van der Waals surface area contributed by atoms with E-state index in [9.17, 15) is 14.4 Å². The molecule has 1 unspecified atom stereocenters. The molecule has 1 atom stereocenters. The largest absolute Gasteiger partial charge is 0.455 e. The molecule has 1 saturated heterocycles. The Labute approximate surface area is 147 Å². The van der Waals surface area contributed by atoms with Gasteiger partial charge >= 0.3 is 5.97 Å². The van der Waals surface area contributed by atoms with Crippen LogP contribution in [-0.2, 0) is 23.9 Å². The summed E-state index contributed by atoms with van der Waals surface area (Å²) in [5, 5.41) is -0.389. The molecule has 0 aromatic carbocycles. The average Bonchev–Trinajstić information content (AvgIpc) is 2.78. The van der Waals surface area contributed by atoms with Crippen LogP contribution in [0.25, 0.3) is 0 Å². The van der Waals surface area contributed by atoms with Gasteiger partial charge in [0.2, 0.25) is 11.8 Å². The number of aldehydes is 1. The molecular formula is C17H27NO5S. The number of ether oxygens (including phenoxy) is 1. The number of hydrogen-bond acceptors (Lipinski definition) is 6. The van der Waals surface area contributed by atoms with Gasteiger partial charge in [0.15, 0.2) is 0 Å². The first-order chi connectivity index (χ1) is 11.4. The lowest BCUT2D eigenvalue weighted by Crippen LogP contribution is -2.36. The van der Waals surface area contributed by atoms with Crippen LogP contribution in [0.5, 0.6) is 0 Å². The molecule has 1 aliphatic heterocycles. The number of imide groups is 1. The predicted octanol–water partition coefficient (Wildman–Crippen LogP) is 2.40. The summed E-state index contributed by atoms with van der Waals surface area (Å²) in [5.74, 6) is 0.778. The van der Waals surface area contributed by atoms with Crippen LogP contribution in [0.1, 0.15) is 52.9 Å². The molecule has 6 nitrogen and oxygen atoms in total. The first kappa shape index (κ1) is 20.7. The summed E-state index contributed by atoms with van der Waals surface area (Å²) in [6, 6.07) is 0. The highest BCUT2D eigenvalue weighted by Gasteiger charge is 2.40. The van der Waals surface area contributed by atoms with Crippen molar-refractivity contribution in [3.8, 4) is 0 Å². The van der Waals surface area contributed by atoms with Gasteiger partial charge in [0.1, 0.15) is 12.2 Å². The third-order valence-electron chi connectivity index (χ3n) is 4.31. The van der Waals surface area contributed by atoms with Crippen molar-refractivity contribution in [2.75, 3.05) is 12.5 Å². The van der Waals surface area contributed by atoms with E-state index in [4.69, 9.17) is 9.53 Å². The minimum absolute atomic E-state index is 0.0843. The molecule has 1 aliphatic carbocycles. The van der Waals surface area contributed by atoms with Gasteiger partial charge in [0, 0.05) is 19.9 Å². The van der Waals surface area contributed by atoms with Crippen molar-refractivity contribution in [3.05, 3.63) is 0 Å². The summed E-state index contributed by atoms with van der Waals surface area (Å²) < 4.78 is 4.83. The third kappa shape index (κ3) is 6.63. The number of hydrogen-bond donors (Lipinski definition) is 0. The Kier molecular flexibility index (Phi) is 9.03. The second-order valence-electron chi connectivity index (χ2n) is 6.32. The van der Waals surface area contributed by atoms with Crippen molar-refractivity contribution in [3.63, 3.8) is 0 Å². The summed E-state index contributed by atoms with van der Waals surface area (Å²) in [4.78, 5) is 45.2. The van der Waals surface area contributed by atoms with Crippen molar-refractivity contribution < 1.29 is 23.9 Å². The maximum atomic E-state index is 12.3. The smallest absolute Gasteiger partial charge is 0.303 e. The molecular weight excluding hydrogens is 330 g/mol. The summed E-state index contributed by atoms with van der Waals surface area (Å²) in [7, 11) is 0. The van der Waals surface area contributed by atoms with Crippen LogP contribution in [0.4, 0.5) is 0 Å². The second kappa shape index (κ2) is 10.5. The van der Waals surface area contributed by atoms with Gasteiger partial charge in [-0.3, -0.25) is 19.3 Å². The zero-order valence-electron chi connectivity index (χ0n) is 14.7. The van der Waals surface area contributed by atoms with Gasteiger partial charge in [-0.05, 0) is 31.6 Å². The summed E-state index contributed by atoms with van der Waals surface area (Å²) in [5.41, 5.74) is 0. The molecule has 0 aromatic heterocycles. The normalized spacial score (nSPS) is 26.6. The zero-order chi connectivity index (χ0) is 18.1. The molecule has 0 spiro atoms. The minimum atomic E-state index is -0.389. The van der Waals surface area contributed by atoms with Crippen LogP contribution < -0.4 is 0 Å². The molecule has 2 aliphatic rings. The quantitative estimate of drug-likeness (QED) is 0.325. The van der Waals surface area contributed by atoms with Crippen LogP contribution in [0.3, 0.4) is 0 Å². The number of rotatable bonds is 5. The molecule has 1 saturated carbocycles. The van der Waals surface area contributed by atoms with Crippen LogP contribution in [-0.4, -0.2) is 46.7 Å². The molecule has 2 amide bonds. The monoisotopic (exact) mass is 357 g/mol. The van der Waals surface area contributed by atoms with E-state index >= 15 is 0 Å². The lowest BCUT2D eigenvalue weighted by molar-refractivity contribution is -0.140. The van der Waals surface area contributed by atoms with Crippen LogP contribution in [0.15, 0.2) is 0 Å². The van der Waals surface area contributed by atoms with E-state index in [0.29, 0.717) is 12.5 Å². The first-order valence-corrected chi connectivity index (χ1v) is 9.42. The lowest BCUT2D eigenvalue weighted by atomic mass is 9.83. The van der Waals surface area contributed by atoms with Gasteiger partial charge in [-0.1, -0.05) is 19.8 Å². The predicted molar refractivity (Wildman–Crippen MR) is 92.2 cm³/mol. The van der Waals surface area contributed by atoms with Crippen LogP contribution in [0, 0.1) is 11.8 Å². The fourth-order valence-electron chi connectivity index (χ4n) is 2.94. The molecule has 24 heavy (non-hydrogen) atoms. The summed E-state index contributed by atoms with van der Waals surface area (Å²) in [6.07, 6.45) is 5.55. The minimum Gasteiger partial charge on any atom is -0.455 e. The van der Waals surface area contributed by atoms with Crippen molar-refractivity contribution in [1.29, 1.82) is 0 Å². The van der Waals surface area contributed by atoms with E-state index in [0.717, 1.165) is 25.0 Å². The zero-order valence-corrected chi connectivity index (χ0v) is 15.5. The van der Waals surface area contributed by atoms with E-state index in [1.54, 1.807) is 0 Å². The first-order valence-electron chi connectivity index (χ1n) is 8.38. The van der Waals surface area contributed by atoms with Crippen molar-refractivity contribution in [1.82, 2.24) is 4.90 Å². The molecule has 7 heteroatoms. The summed E-state index contributed by atoms with van der Waals surface area (Å²) in [6.45, 7) is 5.59. The molecule has 136 valence electrons.